The molecule has 2 saturated heterocycles. The molecule has 2 aliphatic heterocycles. The van der Waals surface area contributed by atoms with Gasteiger partial charge in [0.2, 0.25) is 11.8 Å². The van der Waals surface area contributed by atoms with Gasteiger partial charge in [0.1, 0.15) is 0 Å². The first kappa shape index (κ1) is 14.6. The summed E-state index contributed by atoms with van der Waals surface area (Å²) in [5, 5.41) is 6.66. The number of benzene rings is 1. The van der Waals surface area contributed by atoms with Crippen molar-refractivity contribution in [3.63, 3.8) is 0 Å². The van der Waals surface area contributed by atoms with Gasteiger partial charge in [0, 0.05) is 37.5 Å². The van der Waals surface area contributed by atoms with Gasteiger partial charge in [0.05, 0.1) is 18.0 Å². The van der Waals surface area contributed by atoms with E-state index in [0.29, 0.717) is 18.7 Å². The van der Waals surface area contributed by atoms with Crippen LogP contribution in [0.4, 0.5) is 0 Å². The van der Waals surface area contributed by atoms with E-state index in [-0.39, 0.29) is 17.7 Å². The van der Waals surface area contributed by atoms with E-state index in [1.165, 1.54) is 11.9 Å². The van der Waals surface area contributed by atoms with E-state index in [0.717, 1.165) is 11.1 Å². The maximum Gasteiger partial charge on any atom is 0.253 e. The molecule has 2 aliphatic rings. The Bertz CT molecular complexity index is 806. The van der Waals surface area contributed by atoms with Crippen molar-refractivity contribution in [3.05, 3.63) is 42.2 Å². The molecule has 2 fully saturated rings. The van der Waals surface area contributed by atoms with Gasteiger partial charge in [-0.25, -0.2) is 0 Å². The summed E-state index contributed by atoms with van der Waals surface area (Å²) >= 11 is 0. The molecular formula is C17H16N4O3. The summed E-state index contributed by atoms with van der Waals surface area (Å²) in [6.07, 6.45) is 3.45. The lowest BCUT2D eigenvalue weighted by atomic mass is 10.00. The predicted octanol–water partition coefficient (Wildman–Crippen LogP) is 0.763. The number of aromatic nitrogens is 2. The van der Waals surface area contributed by atoms with Crippen LogP contribution in [0, 0.1) is 11.8 Å². The number of amides is 3. The molecule has 0 unspecified atom stereocenters. The van der Waals surface area contributed by atoms with Gasteiger partial charge in [0.25, 0.3) is 5.91 Å². The van der Waals surface area contributed by atoms with Gasteiger partial charge in [-0.3, -0.25) is 24.4 Å². The number of aromatic amines is 1. The molecule has 2 aromatic rings. The standard InChI is InChI=1S/C17H16N4O3/c1-20-16(23)13-8-21(9-14(13)17(20)24)15(22)11-4-2-3-10(5-11)12-6-18-19-7-12/h2-7,13-14H,8-9H2,1H3,(H,18,19)/t13-,14+. The lowest BCUT2D eigenvalue weighted by Gasteiger charge is -2.19. The normalized spacial score (nSPS) is 23.0. The third-order valence-electron chi connectivity index (χ3n) is 4.84. The van der Waals surface area contributed by atoms with Crippen LogP contribution in [0.1, 0.15) is 10.4 Å². The number of H-pyrrole nitrogens is 1. The van der Waals surface area contributed by atoms with Gasteiger partial charge >= 0.3 is 0 Å². The Kier molecular flexibility index (Phi) is 3.23. The van der Waals surface area contributed by atoms with Crippen LogP contribution in [0.25, 0.3) is 11.1 Å². The van der Waals surface area contributed by atoms with Crippen molar-refractivity contribution in [2.45, 2.75) is 0 Å². The van der Waals surface area contributed by atoms with Gasteiger partial charge in [0.15, 0.2) is 0 Å². The van der Waals surface area contributed by atoms with Crippen LogP contribution >= 0.6 is 0 Å². The number of nitrogens with one attached hydrogen (secondary N) is 1. The van der Waals surface area contributed by atoms with Crippen molar-refractivity contribution >= 4 is 17.7 Å². The first-order chi connectivity index (χ1) is 11.6. The number of rotatable bonds is 2. The Labute approximate surface area is 138 Å². The topological polar surface area (TPSA) is 86.4 Å². The molecule has 1 aromatic heterocycles. The summed E-state index contributed by atoms with van der Waals surface area (Å²) < 4.78 is 0. The molecule has 0 bridgehead atoms. The third kappa shape index (κ3) is 2.12. The highest BCUT2D eigenvalue weighted by molar-refractivity contribution is 6.06. The molecule has 4 rings (SSSR count). The van der Waals surface area contributed by atoms with Crippen LogP contribution in [-0.4, -0.2) is 57.9 Å². The second-order valence-corrected chi connectivity index (χ2v) is 6.23. The lowest BCUT2D eigenvalue weighted by molar-refractivity contribution is -0.138. The number of nitrogens with zero attached hydrogens (tertiary/aromatic N) is 3. The lowest BCUT2D eigenvalue weighted by Crippen LogP contribution is -2.36. The Hall–Kier alpha value is -2.96. The van der Waals surface area contributed by atoms with Crippen LogP contribution < -0.4 is 0 Å². The van der Waals surface area contributed by atoms with Crippen LogP contribution in [0.15, 0.2) is 36.7 Å². The first-order valence-corrected chi connectivity index (χ1v) is 7.76. The van der Waals surface area contributed by atoms with E-state index >= 15 is 0 Å². The quantitative estimate of drug-likeness (QED) is 0.827. The molecule has 7 nitrogen and oxygen atoms in total. The molecule has 24 heavy (non-hydrogen) atoms. The number of hydrogen-bond acceptors (Lipinski definition) is 4. The molecule has 1 N–H and O–H groups in total. The van der Waals surface area contributed by atoms with E-state index in [1.54, 1.807) is 29.4 Å². The average molecular weight is 324 g/mol. The van der Waals surface area contributed by atoms with Crippen molar-refractivity contribution in [3.8, 4) is 11.1 Å². The fourth-order valence-electron chi connectivity index (χ4n) is 3.50. The molecule has 3 heterocycles. The minimum Gasteiger partial charge on any atom is -0.337 e. The SMILES string of the molecule is CN1C(=O)[C@H]2CN(C(=O)c3cccc(-c4cn[nH]c4)c3)C[C@H]2C1=O. The summed E-state index contributed by atoms with van der Waals surface area (Å²) in [7, 11) is 1.50. The largest absolute Gasteiger partial charge is 0.337 e. The van der Waals surface area contributed by atoms with Crippen molar-refractivity contribution in [2.24, 2.45) is 11.8 Å². The van der Waals surface area contributed by atoms with E-state index in [1.807, 2.05) is 12.1 Å². The van der Waals surface area contributed by atoms with Crippen LogP contribution in [0.5, 0.6) is 0 Å². The summed E-state index contributed by atoms with van der Waals surface area (Å²) in [5.41, 5.74) is 2.33. The molecule has 0 radical (unpaired) electrons. The molecular weight excluding hydrogens is 308 g/mol. The number of carbonyl (C=O) groups excluding carboxylic acids is 3. The van der Waals surface area contributed by atoms with Crippen molar-refractivity contribution in [1.82, 2.24) is 20.0 Å². The van der Waals surface area contributed by atoms with Gasteiger partial charge < -0.3 is 4.90 Å². The molecule has 1 aromatic carbocycles. The van der Waals surface area contributed by atoms with Gasteiger partial charge in [-0.15, -0.1) is 0 Å². The smallest absolute Gasteiger partial charge is 0.253 e. The summed E-state index contributed by atoms with van der Waals surface area (Å²) in [4.78, 5) is 39.7. The molecule has 3 amide bonds. The minimum atomic E-state index is -0.400. The summed E-state index contributed by atoms with van der Waals surface area (Å²) in [6, 6.07) is 7.27. The Balaban J connectivity index is 1.57. The number of hydrogen-bond donors (Lipinski definition) is 1. The fourth-order valence-corrected chi connectivity index (χ4v) is 3.50. The van der Waals surface area contributed by atoms with Crippen molar-refractivity contribution in [1.29, 1.82) is 0 Å². The van der Waals surface area contributed by atoms with Crippen molar-refractivity contribution < 1.29 is 14.4 Å². The molecule has 0 saturated carbocycles. The summed E-state index contributed by atoms with van der Waals surface area (Å²) in [6.45, 7) is 0.600. The van der Waals surface area contributed by atoms with Crippen molar-refractivity contribution in [2.75, 3.05) is 20.1 Å². The molecule has 122 valence electrons. The zero-order valence-corrected chi connectivity index (χ0v) is 13.1. The Morgan fingerprint density at radius 3 is 2.50 bits per heavy atom. The fraction of sp³-hybridized carbons (Fsp3) is 0.294. The van der Waals surface area contributed by atoms with Crippen LogP contribution in [0.2, 0.25) is 0 Å². The van der Waals surface area contributed by atoms with Crippen LogP contribution in [-0.2, 0) is 9.59 Å². The Morgan fingerprint density at radius 2 is 1.88 bits per heavy atom. The second-order valence-electron chi connectivity index (χ2n) is 6.23. The maximum absolute atomic E-state index is 12.8. The van der Waals surface area contributed by atoms with E-state index in [9.17, 15) is 14.4 Å². The van der Waals surface area contributed by atoms with Gasteiger partial charge in [-0.1, -0.05) is 12.1 Å². The zero-order chi connectivity index (χ0) is 16.8. The minimum absolute atomic E-state index is 0.155. The molecule has 2 atom stereocenters. The molecule has 0 spiro atoms. The highest BCUT2D eigenvalue weighted by atomic mass is 16.2. The van der Waals surface area contributed by atoms with E-state index < -0.39 is 11.8 Å². The zero-order valence-electron chi connectivity index (χ0n) is 13.1. The number of imide groups is 1. The Morgan fingerprint density at radius 1 is 1.17 bits per heavy atom. The number of likely N-dealkylation sites (tertiary alicyclic amines) is 2. The molecule has 7 heteroatoms. The maximum atomic E-state index is 12.8. The predicted molar refractivity (Wildman–Crippen MR) is 84.7 cm³/mol. The highest BCUT2D eigenvalue weighted by Crippen LogP contribution is 2.33. The molecule has 0 aliphatic carbocycles. The third-order valence-corrected chi connectivity index (χ3v) is 4.84. The highest BCUT2D eigenvalue weighted by Gasteiger charge is 2.51. The monoisotopic (exact) mass is 324 g/mol. The number of carbonyl (C=O) groups is 3. The number of fused-ring (bicyclic) bond motifs is 1. The van der Waals surface area contributed by atoms with E-state index in [4.69, 9.17) is 0 Å². The van der Waals surface area contributed by atoms with Gasteiger partial charge in [-0.2, -0.15) is 5.10 Å². The van der Waals surface area contributed by atoms with Gasteiger partial charge in [-0.05, 0) is 17.7 Å². The van der Waals surface area contributed by atoms with E-state index in [2.05, 4.69) is 10.2 Å². The summed E-state index contributed by atoms with van der Waals surface area (Å²) in [5.74, 6) is -1.33. The average Bonchev–Trinajstić information content (AvgIpc) is 3.32. The first-order valence-electron chi connectivity index (χ1n) is 7.76. The van der Waals surface area contributed by atoms with Crippen LogP contribution in [0.3, 0.4) is 0 Å². The second kappa shape index (κ2) is 5.30.